The summed E-state index contributed by atoms with van der Waals surface area (Å²) in [6, 6.07) is 14.4. The molecule has 0 aliphatic carbocycles. The van der Waals surface area contributed by atoms with E-state index in [2.05, 4.69) is 16.6 Å². The monoisotopic (exact) mass is 454 g/mol. The fraction of sp³-hybridized carbons (Fsp3) is 0.136. The van der Waals surface area contributed by atoms with E-state index in [9.17, 15) is 20.2 Å². The summed E-state index contributed by atoms with van der Waals surface area (Å²) in [5.41, 5.74) is 5.55. The van der Waals surface area contributed by atoms with E-state index < -0.39 is 15.5 Å². The van der Waals surface area contributed by atoms with Crippen LogP contribution in [-0.2, 0) is 6.61 Å². The third-order valence-corrected chi connectivity index (χ3v) is 4.66. The first-order valence-electron chi connectivity index (χ1n) is 9.44. The number of benzene rings is 3. The molecule has 164 valence electrons. The highest BCUT2D eigenvalue weighted by Crippen LogP contribution is 2.29. The van der Waals surface area contributed by atoms with E-state index in [0.29, 0.717) is 22.9 Å². The van der Waals surface area contributed by atoms with Crippen LogP contribution in [-0.4, -0.2) is 16.1 Å². The molecule has 10 heteroatoms. The quantitative estimate of drug-likeness (QED) is 0.261. The fourth-order valence-electron chi connectivity index (χ4n) is 3.12. The van der Waals surface area contributed by atoms with Crippen molar-refractivity contribution < 1.29 is 14.6 Å². The van der Waals surface area contributed by atoms with E-state index in [1.807, 2.05) is 26.0 Å². The number of anilines is 1. The van der Waals surface area contributed by atoms with E-state index in [4.69, 9.17) is 16.3 Å². The maximum atomic E-state index is 11.2. The van der Waals surface area contributed by atoms with Gasteiger partial charge in [-0.05, 0) is 43.7 Å². The number of nitrogens with zero attached hydrogens (tertiary/aromatic N) is 3. The number of ether oxygens (including phenoxy) is 1. The Morgan fingerprint density at radius 1 is 1.00 bits per heavy atom. The molecule has 0 aromatic heterocycles. The average Bonchev–Trinajstić information content (AvgIpc) is 2.72. The van der Waals surface area contributed by atoms with Crippen molar-refractivity contribution in [3.8, 4) is 5.75 Å². The molecule has 0 amide bonds. The number of nitro benzene ring substituents is 2. The lowest BCUT2D eigenvalue weighted by Gasteiger charge is -2.11. The van der Waals surface area contributed by atoms with Crippen molar-refractivity contribution in [2.24, 2.45) is 5.10 Å². The predicted molar refractivity (Wildman–Crippen MR) is 123 cm³/mol. The van der Waals surface area contributed by atoms with E-state index >= 15 is 0 Å². The third-order valence-electron chi connectivity index (χ3n) is 4.43. The first kappa shape index (κ1) is 22.7. The van der Waals surface area contributed by atoms with Crippen LogP contribution >= 0.6 is 11.6 Å². The van der Waals surface area contributed by atoms with Gasteiger partial charge in [-0.15, -0.1) is 0 Å². The van der Waals surface area contributed by atoms with Crippen LogP contribution in [0.2, 0.25) is 5.02 Å². The van der Waals surface area contributed by atoms with E-state index in [0.717, 1.165) is 28.8 Å². The third kappa shape index (κ3) is 5.79. The molecule has 0 saturated heterocycles. The van der Waals surface area contributed by atoms with Gasteiger partial charge < -0.3 is 4.74 Å². The molecule has 0 fully saturated rings. The van der Waals surface area contributed by atoms with Crippen LogP contribution in [0.3, 0.4) is 0 Å². The molecule has 0 aliphatic heterocycles. The zero-order chi connectivity index (χ0) is 23.3. The summed E-state index contributed by atoms with van der Waals surface area (Å²) in [5, 5.41) is 26.6. The van der Waals surface area contributed by atoms with Gasteiger partial charge in [-0.3, -0.25) is 25.7 Å². The van der Waals surface area contributed by atoms with Gasteiger partial charge in [0.25, 0.3) is 5.69 Å². The Morgan fingerprint density at radius 2 is 1.72 bits per heavy atom. The summed E-state index contributed by atoms with van der Waals surface area (Å²) >= 11 is 6.09. The van der Waals surface area contributed by atoms with Crippen LogP contribution < -0.4 is 10.2 Å². The van der Waals surface area contributed by atoms with Crippen LogP contribution in [0.15, 0.2) is 59.7 Å². The van der Waals surface area contributed by atoms with Gasteiger partial charge in [0.15, 0.2) is 0 Å². The number of halogens is 1. The van der Waals surface area contributed by atoms with Crippen molar-refractivity contribution in [2.45, 2.75) is 20.5 Å². The van der Waals surface area contributed by atoms with Gasteiger partial charge >= 0.3 is 5.69 Å². The van der Waals surface area contributed by atoms with Crippen LogP contribution in [0.5, 0.6) is 5.75 Å². The fourth-order valence-corrected chi connectivity index (χ4v) is 3.30. The van der Waals surface area contributed by atoms with Gasteiger partial charge in [-0.1, -0.05) is 40.9 Å². The molecular formula is C22H19ClN4O5. The Bertz CT molecular complexity index is 1190. The second kappa shape index (κ2) is 9.88. The van der Waals surface area contributed by atoms with Gasteiger partial charge in [0.2, 0.25) is 0 Å². The van der Waals surface area contributed by atoms with E-state index in [1.165, 1.54) is 12.3 Å². The average molecular weight is 455 g/mol. The molecule has 3 aromatic rings. The van der Waals surface area contributed by atoms with Crippen molar-refractivity contribution in [1.29, 1.82) is 0 Å². The summed E-state index contributed by atoms with van der Waals surface area (Å²) in [6.45, 7) is 4.37. The number of nitrogens with one attached hydrogen (secondary N) is 1. The van der Waals surface area contributed by atoms with Gasteiger partial charge in [-0.2, -0.15) is 5.10 Å². The number of hydrogen-bond donors (Lipinski definition) is 1. The van der Waals surface area contributed by atoms with Gasteiger partial charge in [0.05, 0.1) is 22.1 Å². The number of hydrazone groups is 1. The molecule has 0 unspecified atom stereocenters. The van der Waals surface area contributed by atoms with Crippen molar-refractivity contribution >= 4 is 34.9 Å². The van der Waals surface area contributed by atoms with Gasteiger partial charge in [-0.25, -0.2) is 0 Å². The van der Waals surface area contributed by atoms with Crippen molar-refractivity contribution in [3.63, 3.8) is 0 Å². The molecule has 32 heavy (non-hydrogen) atoms. The lowest BCUT2D eigenvalue weighted by molar-refractivity contribution is -0.393. The number of nitro groups is 2. The van der Waals surface area contributed by atoms with Crippen LogP contribution in [0.25, 0.3) is 0 Å². The van der Waals surface area contributed by atoms with Crippen LogP contribution in [0.4, 0.5) is 17.1 Å². The lowest BCUT2D eigenvalue weighted by Crippen LogP contribution is -2.01. The molecule has 3 rings (SSSR count). The Morgan fingerprint density at radius 3 is 2.38 bits per heavy atom. The summed E-state index contributed by atoms with van der Waals surface area (Å²) < 4.78 is 5.93. The van der Waals surface area contributed by atoms with E-state index in [1.54, 1.807) is 18.2 Å². The number of aryl methyl sites for hydroxylation is 2. The van der Waals surface area contributed by atoms with Crippen LogP contribution in [0.1, 0.15) is 22.3 Å². The van der Waals surface area contributed by atoms with E-state index in [-0.39, 0.29) is 11.4 Å². The first-order valence-corrected chi connectivity index (χ1v) is 9.82. The molecule has 0 radical (unpaired) electrons. The zero-order valence-electron chi connectivity index (χ0n) is 17.2. The molecule has 3 aromatic carbocycles. The SMILES string of the molecule is Cc1cc(C)cc(COc2ccc(Cl)cc2/C=N/Nc2ccc([N+](=O)[O-])cc2[N+](=O)[O-])c1. The highest BCUT2D eigenvalue weighted by atomic mass is 35.5. The van der Waals surface area contributed by atoms with Crippen LogP contribution in [0, 0.1) is 34.1 Å². The predicted octanol–water partition coefficient (Wildman–Crippen LogP) is 5.80. The Labute approximate surface area is 188 Å². The second-order valence-electron chi connectivity index (χ2n) is 7.05. The maximum Gasteiger partial charge on any atom is 0.301 e. The van der Waals surface area contributed by atoms with Crippen molar-refractivity contribution in [3.05, 3.63) is 102 Å². The maximum absolute atomic E-state index is 11.2. The summed E-state index contributed by atoms with van der Waals surface area (Å²) in [4.78, 5) is 20.7. The summed E-state index contributed by atoms with van der Waals surface area (Å²) in [6.07, 6.45) is 1.41. The molecular weight excluding hydrogens is 436 g/mol. The number of hydrogen-bond acceptors (Lipinski definition) is 7. The molecule has 0 spiro atoms. The molecule has 9 nitrogen and oxygen atoms in total. The first-order chi connectivity index (χ1) is 15.2. The minimum absolute atomic E-state index is 0.0107. The van der Waals surface area contributed by atoms with Gasteiger partial charge in [0.1, 0.15) is 18.0 Å². The molecule has 0 atom stereocenters. The molecule has 1 N–H and O–H groups in total. The normalized spacial score (nSPS) is 10.8. The molecule has 0 heterocycles. The smallest absolute Gasteiger partial charge is 0.301 e. The summed E-state index contributed by atoms with van der Waals surface area (Å²) in [5.74, 6) is 0.525. The van der Waals surface area contributed by atoms with Crippen molar-refractivity contribution in [2.75, 3.05) is 5.43 Å². The Kier molecular flexibility index (Phi) is 7.01. The topological polar surface area (TPSA) is 120 Å². The minimum atomic E-state index is -0.720. The summed E-state index contributed by atoms with van der Waals surface area (Å²) in [7, 11) is 0. The molecule has 0 saturated carbocycles. The Balaban J connectivity index is 1.79. The zero-order valence-corrected chi connectivity index (χ0v) is 18.0. The lowest BCUT2D eigenvalue weighted by atomic mass is 10.1. The standard InChI is InChI=1S/C22H19ClN4O5/c1-14-7-15(2)9-16(8-14)13-32-22-6-3-18(23)10-17(22)12-24-25-20-5-4-19(26(28)29)11-21(20)27(30)31/h3-12,25H,13H2,1-2H3/b24-12+. The Hall–Kier alpha value is -3.98. The largest absolute Gasteiger partial charge is 0.488 e. The second-order valence-corrected chi connectivity index (χ2v) is 7.49. The molecule has 0 bridgehead atoms. The highest BCUT2D eigenvalue weighted by Gasteiger charge is 2.19. The molecule has 0 aliphatic rings. The minimum Gasteiger partial charge on any atom is -0.488 e. The van der Waals surface area contributed by atoms with Crippen molar-refractivity contribution in [1.82, 2.24) is 0 Å². The number of rotatable bonds is 8. The highest BCUT2D eigenvalue weighted by molar-refractivity contribution is 6.30. The number of non-ortho nitro benzene ring substituents is 1. The van der Waals surface area contributed by atoms with Gasteiger partial charge in [0, 0.05) is 16.7 Å².